The topological polar surface area (TPSA) is 123 Å². The summed E-state index contributed by atoms with van der Waals surface area (Å²) >= 11 is 0. The number of aromatic amines is 1. The minimum Gasteiger partial charge on any atom is -0.345 e. The van der Waals surface area contributed by atoms with Crippen LogP contribution in [0.5, 0.6) is 0 Å². The normalized spacial score (nSPS) is 13.0. The van der Waals surface area contributed by atoms with Crippen molar-refractivity contribution in [1.29, 1.82) is 0 Å². The molecule has 2 aromatic rings. The first-order chi connectivity index (χ1) is 13.1. The largest absolute Gasteiger partial charge is 0.345 e. The van der Waals surface area contributed by atoms with E-state index in [0.717, 1.165) is 0 Å². The molecule has 0 saturated carbocycles. The average molecular weight is 462 g/mol. The standard InChI is InChI=1S/C20H31N5O3.2ClH/c1-7-8-25-16-15(18(27)23-19(25)28)13(9-14(22-16)11(2)3)17(26)24-20(6,10-21)12(4)5;;/h9,11-12H,7-8,10,21H2,1-6H3,(H,24,26)(H,23,27,28);2*1H. The van der Waals surface area contributed by atoms with Crippen LogP contribution in [0.4, 0.5) is 0 Å². The van der Waals surface area contributed by atoms with Crippen molar-refractivity contribution < 1.29 is 4.79 Å². The van der Waals surface area contributed by atoms with Crippen LogP contribution in [0.25, 0.3) is 11.0 Å². The van der Waals surface area contributed by atoms with E-state index >= 15 is 0 Å². The van der Waals surface area contributed by atoms with Gasteiger partial charge in [0, 0.05) is 18.8 Å². The minimum absolute atomic E-state index is 0. The van der Waals surface area contributed by atoms with Crippen molar-refractivity contribution in [3.05, 3.63) is 38.2 Å². The van der Waals surface area contributed by atoms with E-state index < -0.39 is 22.7 Å². The van der Waals surface area contributed by atoms with Crippen molar-refractivity contribution in [1.82, 2.24) is 19.9 Å². The molecule has 2 rings (SSSR count). The molecule has 8 nitrogen and oxygen atoms in total. The maximum absolute atomic E-state index is 13.2. The zero-order chi connectivity index (χ0) is 21.2. The predicted octanol–water partition coefficient (Wildman–Crippen LogP) is 2.57. The second-order valence-electron chi connectivity index (χ2n) is 8.09. The number of hydrogen-bond acceptors (Lipinski definition) is 5. The van der Waals surface area contributed by atoms with E-state index in [4.69, 9.17) is 5.73 Å². The summed E-state index contributed by atoms with van der Waals surface area (Å²) in [6, 6.07) is 1.63. The number of aromatic nitrogens is 3. The molecular formula is C20H33Cl2N5O3. The lowest BCUT2D eigenvalue weighted by molar-refractivity contribution is 0.0884. The molecule has 0 saturated heterocycles. The molecule has 30 heavy (non-hydrogen) atoms. The van der Waals surface area contributed by atoms with Gasteiger partial charge in [0.05, 0.1) is 16.5 Å². The van der Waals surface area contributed by atoms with Gasteiger partial charge in [-0.3, -0.25) is 19.1 Å². The fourth-order valence-corrected chi connectivity index (χ4v) is 2.96. The number of carbonyl (C=O) groups is 1. The summed E-state index contributed by atoms with van der Waals surface area (Å²) in [5.74, 6) is -0.287. The summed E-state index contributed by atoms with van der Waals surface area (Å²) in [5, 5.41) is 3.10. The van der Waals surface area contributed by atoms with Crippen molar-refractivity contribution in [2.75, 3.05) is 6.54 Å². The van der Waals surface area contributed by atoms with Crippen LogP contribution in [0.3, 0.4) is 0 Å². The number of H-pyrrole nitrogens is 1. The molecule has 0 aliphatic heterocycles. The zero-order valence-corrected chi connectivity index (χ0v) is 20.0. The molecule has 0 aliphatic rings. The monoisotopic (exact) mass is 461 g/mol. The number of aryl methyl sites for hydroxylation is 1. The first-order valence-electron chi connectivity index (χ1n) is 9.76. The van der Waals surface area contributed by atoms with Gasteiger partial charge in [0.25, 0.3) is 11.5 Å². The van der Waals surface area contributed by atoms with E-state index in [1.54, 1.807) is 6.07 Å². The number of amides is 1. The van der Waals surface area contributed by atoms with Crippen LogP contribution in [-0.4, -0.2) is 32.5 Å². The average Bonchev–Trinajstić information content (AvgIpc) is 2.63. The van der Waals surface area contributed by atoms with Crippen LogP contribution in [0.1, 0.15) is 69.9 Å². The Kier molecular flexibility index (Phi) is 10.2. The Hall–Kier alpha value is -1.90. The SMILES string of the molecule is CCCn1c(=O)[nH]c(=O)c2c(C(=O)NC(C)(CN)C(C)C)cc(C(C)C)nc21.Cl.Cl. The third-order valence-electron chi connectivity index (χ3n) is 5.35. The molecule has 0 aromatic carbocycles. The first-order valence-corrected chi connectivity index (χ1v) is 9.76. The summed E-state index contributed by atoms with van der Waals surface area (Å²) in [5.41, 5.74) is 5.23. The van der Waals surface area contributed by atoms with E-state index in [9.17, 15) is 14.4 Å². The Bertz CT molecular complexity index is 1000. The number of nitrogens with one attached hydrogen (secondary N) is 2. The lowest BCUT2D eigenvalue weighted by Gasteiger charge is -2.33. The highest BCUT2D eigenvalue weighted by atomic mass is 35.5. The molecule has 0 radical (unpaired) electrons. The summed E-state index contributed by atoms with van der Waals surface area (Å²) < 4.78 is 1.42. The van der Waals surface area contributed by atoms with Gasteiger partial charge in [0.2, 0.25) is 0 Å². The van der Waals surface area contributed by atoms with E-state index in [-0.39, 0.29) is 59.8 Å². The molecular weight excluding hydrogens is 429 g/mol. The van der Waals surface area contributed by atoms with E-state index in [1.165, 1.54) is 4.57 Å². The van der Waals surface area contributed by atoms with Gasteiger partial charge in [0.15, 0.2) is 5.65 Å². The lowest BCUT2D eigenvalue weighted by Crippen LogP contribution is -2.55. The van der Waals surface area contributed by atoms with Gasteiger partial charge in [0.1, 0.15) is 0 Å². The summed E-state index contributed by atoms with van der Waals surface area (Å²) in [6.45, 7) is 12.3. The molecule has 0 aliphatic carbocycles. The lowest BCUT2D eigenvalue weighted by atomic mass is 9.88. The molecule has 1 amide bonds. The van der Waals surface area contributed by atoms with Crippen LogP contribution in [0.15, 0.2) is 15.7 Å². The van der Waals surface area contributed by atoms with Gasteiger partial charge in [-0.25, -0.2) is 9.78 Å². The number of carbonyl (C=O) groups excluding carboxylic acids is 1. The van der Waals surface area contributed by atoms with Crippen molar-refractivity contribution in [2.45, 2.75) is 66.0 Å². The van der Waals surface area contributed by atoms with Crippen LogP contribution in [0, 0.1) is 5.92 Å². The maximum Gasteiger partial charge on any atom is 0.329 e. The van der Waals surface area contributed by atoms with E-state index in [2.05, 4.69) is 15.3 Å². The third-order valence-corrected chi connectivity index (χ3v) is 5.35. The van der Waals surface area contributed by atoms with Crippen molar-refractivity contribution >= 4 is 41.8 Å². The molecule has 1 atom stereocenters. The van der Waals surface area contributed by atoms with Gasteiger partial charge in [-0.05, 0) is 31.2 Å². The number of halogens is 2. The molecule has 0 bridgehead atoms. The van der Waals surface area contributed by atoms with Crippen molar-refractivity contribution in [3.63, 3.8) is 0 Å². The summed E-state index contributed by atoms with van der Waals surface area (Å²) in [7, 11) is 0. The first kappa shape index (κ1) is 28.1. The van der Waals surface area contributed by atoms with Gasteiger partial charge in [-0.1, -0.05) is 34.6 Å². The van der Waals surface area contributed by atoms with Gasteiger partial charge in [-0.15, -0.1) is 24.8 Å². The fourth-order valence-electron chi connectivity index (χ4n) is 2.96. The minimum atomic E-state index is -0.630. The molecule has 2 aromatic heterocycles. The zero-order valence-electron chi connectivity index (χ0n) is 18.4. The van der Waals surface area contributed by atoms with Gasteiger partial charge >= 0.3 is 5.69 Å². The number of pyridine rings is 1. The molecule has 2 heterocycles. The number of nitrogens with two attached hydrogens (primary N) is 1. The second kappa shape index (κ2) is 10.9. The highest BCUT2D eigenvalue weighted by Crippen LogP contribution is 2.22. The van der Waals surface area contributed by atoms with Gasteiger partial charge in [-0.2, -0.15) is 0 Å². The molecule has 170 valence electrons. The smallest absolute Gasteiger partial charge is 0.329 e. The Labute approximate surface area is 188 Å². The molecule has 0 fully saturated rings. The number of rotatable bonds is 7. The molecule has 1 unspecified atom stereocenters. The van der Waals surface area contributed by atoms with Crippen molar-refractivity contribution in [3.8, 4) is 0 Å². The number of nitrogens with zero attached hydrogens (tertiary/aromatic N) is 2. The Morgan fingerprint density at radius 1 is 1.27 bits per heavy atom. The van der Waals surface area contributed by atoms with E-state index in [0.29, 0.717) is 18.7 Å². The Morgan fingerprint density at radius 3 is 2.33 bits per heavy atom. The van der Waals surface area contributed by atoms with Crippen LogP contribution < -0.4 is 22.3 Å². The molecule has 4 N–H and O–H groups in total. The maximum atomic E-state index is 13.2. The summed E-state index contributed by atoms with van der Waals surface area (Å²) in [4.78, 5) is 45.0. The Morgan fingerprint density at radius 2 is 1.87 bits per heavy atom. The number of hydrogen-bond donors (Lipinski definition) is 3. The molecule has 10 heteroatoms. The van der Waals surface area contributed by atoms with Gasteiger partial charge < -0.3 is 11.1 Å². The molecule has 0 spiro atoms. The number of fused-ring (bicyclic) bond motifs is 1. The Balaban J connectivity index is 0.00000420. The van der Waals surface area contributed by atoms with Crippen LogP contribution in [-0.2, 0) is 6.54 Å². The third kappa shape index (κ3) is 5.42. The highest BCUT2D eigenvalue weighted by Gasteiger charge is 2.30. The summed E-state index contributed by atoms with van der Waals surface area (Å²) in [6.07, 6.45) is 0.689. The fraction of sp³-hybridized carbons (Fsp3) is 0.600. The van der Waals surface area contributed by atoms with Crippen LogP contribution in [0.2, 0.25) is 0 Å². The van der Waals surface area contributed by atoms with Crippen LogP contribution >= 0.6 is 24.8 Å². The van der Waals surface area contributed by atoms with E-state index in [1.807, 2.05) is 41.5 Å². The quantitative estimate of drug-likeness (QED) is 0.584. The second-order valence-corrected chi connectivity index (χ2v) is 8.09. The predicted molar refractivity (Wildman–Crippen MR) is 125 cm³/mol. The highest BCUT2D eigenvalue weighted by molar-refractivity contribution is 6.05. The van der Waals surface area contributed by atoms with Crippen molar-refractivity contribution in [2.24, 2.45) is 11.7 Å².